The molecule has 7 atom stereocenters. The molecule has 0 spiro atoms. The molecule has 2 nitrogen and oxygen atoms in total. The highest BCUT2D eigenvalue weighted by atomic mass is 16.3. The van der Waals surface area contributed by atoms with E-state index in [0.717, 1.165) is 34.8 Å². The summed E-state index contributed by atoms with van der Waals surface area (Å²) in [4.78, 5) is 0. The van der Waals surface area contributed by atoms with Crippen LogP contribution in [-0.2, 0) is 0 Å². The minimum atomic E-state index is -0.597. The Morgan fingerprint density at radius 3 is 2.53 bits per heavy atom. The van der Waals surface area contributed by atoms with Crippen molar-refractivity contribution in [3.8, 4) is 0 Å². The summed E-state index contributed by atoms with van der Waals surface area (Å²) in [6.07, 6.45) is 13.8. The van der Waals surface area contributed by atoms with Crippen LogP contribution in [0, 0.1) is 35.0 Å². The van der Waals surface area contributed by atoms with Crippen molar-refractivity contribution >= 4 is 0 Å². The molecule has 0 saturated heterocycles. The van der Waals surface area contributed by atoms with E-state index >= 15 is 0 Å². The van der Waals surface area contributed by atoms with Crippen molar-refractivity contribution in [1.82, 2.24) is 0 Å². The van der Waals surface area contributed by atoms with E-state index in [0.29, 0.717) is 24.2 Å². The number of aliphatic hydroxyl groups is 2. The van der Waals surface area contributed by atoms with Gasteiger partial charge in [-0.2, -0.15) is 0 Å². The van der Waals surface area contributed by atoms with Crippen LogP contribution in [0.25, 0.3) is 0 Å². The first-order chi connectivity index (χ1) is 14.1. The Kier molecular flexibility index (Phi) is 7.72. The smallest absolute Gasteiger partial charge is 0.0811 e. The normalized spacial score (nSPS) is 39.5. The molecular weight excluding hydrogens is 368 g/mol. The quantitative estimate of drug-likeness (QED) is 0.500. The summed E-state index contributed by atoms with van der Waals surface area (Å²) >= 11 is 0. The first-order valence-corrected chi connectivity index (χ1v) is 12.6. The summed E-state index contributed by atoms with van der Waals surface area (Å²) in [7, 11) is 0. The van der Waals surface area contributed by atoms with Crippen LogP contribution in [0.3, 0.4) is 0 Å². The van der Waals surface area contributed by atoms with Crippen LogP contribution < -0.4 is 0 Å². The molecule has 30 heavy (non-hydrogen) atoms. The fourth-order valence-electron chi connectivity index (χ4n) is 6.74. The predicted molar refractivity (Wildman–Crippen MR) is 127 cm³/mol. The largest absolute Gasteiger partial charge is 0.393 e. The maximum absolute atomic E-state index is 10.1. The van der Waals surface area contributed by atoms with Gasteiger partial charge in [0, 0.05) is 6.42 Å². The minimum Gasteiger partial charge on any atom is -0.393 e. The Morgan fingerprint density at radius 2 is 1.83 bits per heavy atom. The highest BCUT2D eigenvalue weighted by Gasteiger charge is 2.50. The number of hydrogen-bond donors (Lipinski definition) is 2. The topological polar surface area (TPSA) is 40.5 Å². The molecule has 0 aromatic heterocycles. The van der Waals surface area contributed by atoms with Gasteiger partial charge < -0.3 is 10.2 Å². The van der Waals surface area contributed by atoms with Gasteiger partial charge in [0.2, 0.25) is 0 Å². The monoisotopic (exact) mass is 414 g/mol. The van der Waals surface area contributed by atoms with Gasteiger partial charge in [-0.3, -0.25) is 0 Å². The zero-order valence-electron chi connectivity index (χ0n) is 20.2. The van der Waals surface area contributed by atoms with Crippen molar-refractivity contribution < 1.29 is 10.2 Å². The summed E-state index contributed by atoms with van der Waals surface area (Å²) in [5.74, 6) is 3.95. The van der Waals surface area contributed by atoms with E-state index in [4.69, 9.17) is 0 Å². The molecule has 0 unspecified atom stereocenters. The van der Waals surface area contributed by atoms with Gasteiger partial charge in [0.1, 0.15) is 0 Å². The maximum atomic E-state index is 10.1. The maximum Gasteiger partial charge on any atom is 0.0811 e. The third kappa shape index (κ3) is 4.96. The lowest BCUT2D eigenvalue weighted by Gasteiger charge is -2.44. The van der Waals surface area contributed by atoms with Crippen LogP contribution in [-0.4, -0.2) is 22.4 Å². The van der Waals surface area contributed by atoms with Crippen LogP contribution in [0.15, 0.2) is 35.5 Å². The highest BCUT2D eigenvalue weighted by Crippen LogP contribution is 2.60. The Labute approximate surface area is 185 Å². The molecule has 0 heterocycles. The van der Waals surface area contributed by atoms with Crippen LogP contribution in [0.4, 0.5) is 0 Å². The van der Waals surface area contributed by atoms with E-state index in [1.165, 1.54) is 44.9 Å². The molecule has 3 aliphatic rings. The third-order valence-corrected chi connectivity index (χ3v) is 9.20. The van der Waals surface area contributed by atoms with Crippen molar-refractivity contribution in [3.63, 3.8) is 0 Å². The average Bonchev–Trinajstić information content (AvgIpc) is 3.04. The lowest BCUT2D eigenvalue weighted by atomic mass is 9.60. The van der Waals surface area contributed by atoms with Crippen molar-refractivity contribution in [2.45, 2.75) is 105 Å². The van der Waals surface area contributed by atoms with Gasteiger partial charge in [0.15, 0.2) is 0 Å². The van der Waals surface area contributed by atoms with Crippen LogP contribution in [0.5, 0.6) is 0 Å². The molecule has 3 saturated carbocycles. The molecule has 2 N–H and O–H groups in total. The molecule has 170 valence electrons. The SMILES string of the molecule is C=C1/C(=C\C=C2/CCC[C@]3(C)[C@@H]2CC[C@H]3[C@@H](C)CC[C@@H](C)C(C)C)C[C@H](O)C[C@H]1O. The molecule has 3 aliphatic carbocycles. The van der Waals surface area contributed by atoms with Gasteiger partial charge in [0.25, 0.3) is 0 Å². The molecule has 3 fully saturated rings. The first-order valence-electron chi connectivity index (χ1n) is 12.6. The second kappa shape index (κ2) is 9.74. The van der Waals surface area contributed by atoms with Crippen LogP contribution >= 0.6 is 0 Å². The number of rotatable bonds is 6. The van der Waals surface area contributed by atoms with Crippen LogP contribution in [0.1, 0.15) is 92.4 Å². The zero-order valence-corrected chi connectivity index (χ0v) is 20.2. The molecular formula is C28H46O2. The fraction of sp³-hybridized carbons (Fsp3) is 0.786. The lowest BCUT2D eigenvalue weighted by Crippen LogP contribution is -2.36. The van der Waals surface area contributed by atoms with Gasteiger partial charge in [-0.15, -0.1) is 0 Å². The Morgan fingerprint density at radius 1 is 1.10 bits per heavy atom. The van der Waals surface area contributed by atoms with Gasteiger partial charge in [0.05, 0.1) is 12.2 Å². The molecule has 0 aromatic carbocycles. The van der Waals surface area contributed by atoms with Gasteiger partial charge in [-0.1, -0.05) is 71.8 Å². The lowest BCUT2D eigenvalue weighted by molar-refractivity contribution is 0.0861. The summed E-state index contributed by atoms with van der Waals surface area (Å²) < 4.78 is 0. The molecule has 0 aromatic rings. The second-order valence-electron chi connectivity index (χ2n) is 11.4. The fourth-order valence-corrected chi connectivity index (χ4v) is 6.74. The van der Waals surface area contributed by atoms with E-state index < -0.39 is 12.2 Å². The zero-order chi connectivity index (χ0) is 22.1. The summed E-state index contributed by atoms with van der Waals surface area (Å²) in [6, 6.07) is 0. The Balaban J connectivity index is 1.72. The number of hydrogen-bond acceptors (Lipinski definition) is 2. The van der Waals surface area contributed by atoms with Gasteiger partial charge in [-0.25, -0.2) is 0 Å². The summed E-state index contributed by atoms with van der Waals surface area (Å²) in [6.45, 7) is 16.3. The van der Waals surface area contributed by atoms with Gasteiger partial charge in [-0.05, 0) is 84.7 Å². The molecule has 0 radical (unpaired) electrons. The predicted octanol–water partition coefficient (Wildman–Crippen LogP) is 6.84. The molecule has 2 heteroatoms. The third-order valence-electron chi connectivity index (χ3n) is 9.20. The molecule has 0 aliphatic heterocycles. The Bertz CT molecular complexity index is 672. The van der Waals surface area contributed by atoms with E-state index in [-0.39, 0.29) is 0 Å². The van der Waals surface area contributed by atoms with E-state index in [2.05, 4.69) is 53.3 Å². The molecule has 3 rings (SSSR count). The molecule has 0 bridgehead atoms. The number of fused-ring (bicyclic) bond motifs is 1. The van der Waals surface area contributed by atoms with Crippen molar-refractivity contribution in [2.24, 2.45) is 35.0 Å². The van der Waals surface area contributed by atoms with E-state index in [1.807, 2.05) is 0 Å². The van der Waals surface area contributed by atoms with Crippen molar-refractivity contribution in [1.29, 1.82) is 0 Å². The molecule has 0 amide bonds. The van der Waals surface area contributed by atoms with Gasteiger partial charge >= 0.3 is 0 Å². The summed E-state index contributed by atoms with van der Waals surface area (Å²) in [5, 5.41) is 20.2. The highest BCUT2D eigenvalue weighted by molar-refractivity contribution is 5.38. The standard InChI is InChI=1S/C28H46O2/c1-18(2)19(3)9-10-20(4)25-13-14-26-22(8-7-15-28(25,26)6)11-12-23-16-24(29)17-27(30)21(23)5/h11-12,18-20,24-27,29-30H,5,7-10,13-17H2,1-4,6H3/b22-11+,23-12-/t19-,20+,24+,25+,26-,27-,28+/m1/s1. The Hall–Kier alpha value is -0.860. The second-order valence-corrected chi connectivity index (χ2v) is 11.4. The van der Waals surface area contributed by atoms with E-state index in [9.17, 15) is 10.2 Å². The van der Waals surface area contributed by atoms with Crippen molar-refractivity contribution in [3.05, 3.63) is 35.5 Å². The van der Waals surface area contributed by atoms with E-state index in [1.54, 1.807) is 5.57 Å². The number of aliphatic hydroxyl groups excluding tert-OH is 2. The van der Waals surface area contributed by atoms with Crippen LogP contribution in [0.2, 0.25) is 0 Å². The minimum absolute atomic E-state index is 0.419. The summed E-state index contributed by atoms with van der Waals surface area (Å²) in [5.41, 5.74) is 3.87. The first kappa shape index (κ1) is 23.8. The number of allylic oxidation sites excluding steroid dienone is 3. The van der Waals surface area contributed by atoms with Crippen molar-refractivity contribution in [2.75, 3.05) is 0 Å². The average molecular weight is 415 g/mol.